The largest absolute Gasteiger partial charge is 0.350 e. The summed E-state index contributed by atoms with van der Waals surface area (Å²) in [5, 5.41) is 15.0. The SMILES string of the molecule is CC(C)(C)NC(=O)[C@H](Cc1ccccc1)N(Cc1cccc(Cl)c1)C(=O)CN(c1cccc([N+](=O)[O-])c1)S(=O)(=O)c1ccccc1. The zero-order valence-electron chi connectivity index (χ0n) is 25.7. The second kappa shape index (κ2) is 14.6. The lowest BCUT2D eigenvalue weighted by Gasteiger charge is -2.35. The number of nitro benzene ring substituents is 1. The van der Waals surface area contributed by atoms with E-state index in [0.29, 0.717) is 10.6 Å². The predicted octanol–water partition coefficient (Wildman–Crippen LogP) is 6.00. The summed E-state index contributed by atoms with van der Waals surface area (Å²) in [5.74, 6) is -1.13. The quantitative estimate of drug-likeness (QED) is 0.146. The summed E-state index contributed by atoms with van der Waals surface area (Å²) < 4.78 is 28.9. The Morgan fingerprint density at radius 2 is 1.48 bits per heavy atom. The minimum absolute atomic E-state index is 0.0668. The Morgan fingerprint density at radius 3 is 2.09 bits per heavy atom. The smallest absolute Gasteiger partial charge is 0.271 e. The monoisotopic (exact) mass is 662 g/mol. The van der Waals surface area contributed by atoms with Gasteiger partial charge in [0.2, 0.25) is 11.8 Å². The molecule has 4 rings (SSSR count). The van der Waals surface area contributed by atoms with Gasteiger partial charge in [-0.05, 0) is 62.2 Å². The molecule has 0 aliphatic carbocycles. The number of rotatable bonds is 12. The van der Waals surface area contributed by atoms with E-state index in [2.05, 4.69) is 5.32 Å². The molecule has 0 heterocycles. The topological polar surface area (TPSA) is 130 Å². The maximum Gasteiger partial charge on any atom is 0.271 e. The number of anilines is 1. The van der Waals surface area contributed by atoms with Crippen molar-refractivity contribution in [1.29, 1.82) is 0 Å². The highest BCUT2D eigenvalue weighted by atomic mass is 35.5. The molecule has 0 radical (unpaired) electrons. The van der Waals surface area contributed by atoms with Crippen molar-refractivity contribution in [2.24, 2.45) is 0 Å². The van der Waals surface area contributed by atoms with E-state index in [4.69, 9.17) is 11.6 Å². The molecule has 4 aromatic carbocycles. The number of hydrogen-bond donors (Lipinski definition) is 1. The fraction of sp³-hybridized carbons (Fsp3) is 0.235. The molecule has 240 valence electrons. The normalized spacial score (nSPS) is 12.2. The highest BCUT2D eigenvalue weighted by Gasteiger charge is 2.36. The number of hydrogen-bond acceptors (Lipinski definition) is 6. The van der Waals surface area contributed by atoms with Gasteiger partial charge in [-0.15, -0.1) is 0 Å². The van der Waals surface area contributed by atoms with Crippen molar-refractivity contribution in [3.05, 3.63) is 135 Å². The summed E-state index contributed by atoms with van der Waals surface area (Å²) in [6.07, 6.45) is 0.136. The van der Waals surface area contributed by atoms with Crippen LogP contribution in [-0.4, -0.2) is 48.2 Å². The molecule has 12 heteroatoms. The summed E-state index contributed by atoms with van der Waals surface area (Å²) in [5.41, 5.74) is 0.346. The Balaban J connectivity index is 1.84. The molecule has 0 unspecified atom stereocenters. The van der Waals surface area contributed by atoms with Gasteiger partial charge < -0.3 is 10.2 Å². The fourth-order valence-corrected chi connectivity index (χ4v) is 6.49. The van der Waals surface area contributed by atoms with Crippen LogP contribution in [0.15, 0.2) is 114 Å². The van der Waals surface area contributed by atoms with E-state index in [1.807, 2.05) is 51.1 Å². The molecule has 1 N–H and O–H groups in total. The Kier molecular flexibility index (Phi) is 10.8. The summed E-state index contributed by atoms with van der Waals surface area (Å²) in [6, 6.07) is 27.5. The molecule has 0 aliphatic heterocycles. The zero-order chi connectivity index (χ0) is 33.5. The molecular formula is C34H35ClN4O6S. The van der Waals surface area contributed by atoms with Gasteiger partial charge in [-0.3, -0.25) is 24.0 Å². The van der Waals surface area contributed by atoms with Crippen LogP contribution in [0.4, 0.5) is 11.4 Å². The second-order valence-electron chi connectivity index (χ2n) is 11.7. The molecule has 46 heavy (non-hydrogen) atoms. The minimum Gasteiger partial charge on any atom is -0.350 e. The molecule has 0 fully saturated rings. The van der Waals surface area contributed by atoms with Crippen LogP contribution >= 0.6 is 11.6 Å². The summed E-state index contributed by atoms with van der Waals surface area (Å²) in [7, 11) is -4.40. The van der Waals surface area contributed by atoms with Crippen molar-refractivity contribution in [2.75, 3.05) is 10.8 Å². The first kappa shape index (κ1) is 34.1. The Labute approximate surface area is 273 Å². The molecule has 0 saturated carbocycles. The van der Waals surface area contributed by atoms with Gasteiger partial charge in [-0.1, -0.05) is 78.3 Å². The number of carbonyl (C=O) groups excluding carboxylic acids is 2. The van der Waals surface area contributed by atoms with Crippen molar-refractivity contribution >= 4 is 44.8 Å². The van der Waals surface area contributed by atoms with Gasteiger partial charge in [-0.25, -0.2) is 8.42 Å². The zero-order valence-corrected chi connectivity index (χ0v) is 27.2. The van der Waals surface area contributed by atoms with Gasteiger partial charge >= 0.3 is 0 Å². The Hall–Kier alpha value is -4.74. The molecular weight excluding hydrogens is 628 g/mol. The number of halogens is 1. The minimum atomic E-state index is -4.40. The number of sulfonamides is 1. The first-order chi connectivity index (χ1) is 21.7. The Bertz CT molecular complexity index is 1800. The average Bonchev–Trinajstić information content (AvgIpc) is 3.01. The van der Waals surface area contributed by atoms with Crippen molar-refractivity contribution in [3.63, 3.8) is 0 Å². The summed E-state index contributed by atoms with van der Waals surface area (Å²) >= 11 is 6.27. The molecule has 4 aromatic rings. The maximum absolute atomic E-state index is 14.5. The molecule has 0 spiro atoms. The van der Waals surface area contributed by atoms with E-state index in [-0.39, 0.29) is 29.2 Å². The standard InChI is InChI=1S/C34H35ClN4O6S/c1-34(2,3)36-33(41)31(21-25-12-6-4-7-13-25)37(23-26-14-10-15-27(35)20-26)32(40)24-38(28-16-11-17-29(22-28)39(42)43)46(44,45)30-18-8-5-9-19-30/h4-20,22,31H,21,23-24H2,1-3H3,(H,36,41)/t31-/m0/s1. The van der Waals surface area contributed by atoms with Crippen molar-refractivity contribution < 1.29 is 22.9 Å². The molecule has 10 nitrogen and oxygen atoms in total. The maximum atomic E-state index is 14.5. The lowest BCUT2D eigenvalue weighted by Crippen LogP contribution is -2.56. The van der Waals surface area contributed by atoms with Crippen LogP contribution in [0.3, 0.4) is 0 Å². The summed E-state index contributed by atoms with van der Waals surface area (Å²) in [6.45, 7) is 4.66. The summed E-state index contributed by atoms with van der Waals surface area (Å²) in [4.78, 5) is 40.6. The van der Waals surface area contributed by atoms with Gasteiger partial charge in [0, 0.05) is 35.7 Å². The van der Waals surface area contributed by atoms with Gasteiger partial charge in [0.25, 0.3) is 15.7 Å². The number of benzene rings is 4. The number of nitrogens with one attached hydrogen (secondary N) is 1. The first-order valence-corrected chi connectivity index (χ1v) is 16.3. The Morgan fingerprint density at radius 1 is 0.870 bits per heavy atom. The number of carbonyl (C=O) groups is 2. The van der Waals surface area contributed by atoms with Crippen LogP contribution in [0, 0.1) is 10.1 Å². The van der Waals surface area contributed by atoms with E-state index in [9.17, 15) is 28.1 Å². The van der Waals surface area contributed by atoms with E-state index >= 15 is 0 Å². The number of nitrogens with zero attached hydrogens (tertiary/aromatic N) is 3. The molecule has 0 saturated heterocycles. The van der Waals surface area contributed by atoms with E-state index in [1.54, 1.807) is 42.5 Å². The van der Waals surface area contributed by atoms with Crippen LogP contribution in [0.2, 0.25) is 5.02 Å². The third-order valence-corrected chi connectivity index (χ3v) is 8.97. The first-order valence-electron chi connectivity index (χ1n) is 14.5. The molecule has 0 aromatic heterocycles. The van der Waals surface area contributed by atoms with Crippen LogP contribution in [0.5, 0.6) is 0 Å². The third kappa shape index (κ3) is 8.92. The van der Waals surface area contributed by atoms with Gasteiger partial charge in [0.15, 0.2) is 0 Å². The second-order valence-corrected chi connectivity index (χ2v) is 14.0. The average molecular weight is 663 g/mol. The van der Waals surface area contributed by atoms with E-state index in [1.165, 1.54) is 35.2 Å². The lowest BCUT2D eigenvalue weighted by atomic mass is 10.0. The molecule has 2 amide bonds. The van der Waals surface area contributed by atoms with Gasteiger partial charge in [0.05, 0.1) is 15.5 Å². The van der Waals surface area contributed by atoms with Gasteiger partial charge in [-0.2, -0.15) is 0 Å². The lowest BCUT2D eigenvalue weighted by molar-refractivity contribution is -0.384. The van der Waals surface area contributed by atoms with Crippen molar-refractivity contribution in [3.8, 4) is 0 Å². The number of non-ortho nitro benzene ring substituents is 1. The fourth-order valence-electron chi connectivity index (χ4n) is 4.85. The molecule has 0 bridgehead atoms. The highest BCUT2D eigenvalue weighted by molar-refractivity contribution is 7.92. The third-order valence-electron chi connectivity index (χ3n) is 6.95. The molecule has 1 atom stereocenters. The number of nitro groups is 1. The van der Waals surface area contributed by atoms with Crippen LogP contribution in [-0.2, 0) is 32.6 Å². The number of amides is 2. The predicted molar refractivity (Wildman–Crippen MR) is 178 cm³/mol. The van der Waals surface area contributed by atoms with Crippen LogP contribution < -0.4 is 9.62 Å². The van der Waals surface area contributed by atoms with Crippen LogP contribution in [0.1, 0.15) is 31.9 Å². The molecule has 0 aliphatic rings. The van der Waals surface area contributed by atoms with Crippen molar-refractivity contribution in [1.82, 2.24) is 10.2 Å². The highest BCUT2D eigenvalue weighted by Crippen LogP contribution is 2.28. The van der Waals surface area contributed by atoms with Crippen LogP contribution in [0.25, 0.3) is 0 Å². The van der Waals surface area contributed by atoms with E-state index in [0.717, 1.165) is 15.9 Å². The van der Waals surface area contributed by atoms with Gasteiger partial charge in [0.1, 0.15) is 12.6 Å². The van der Waals surface area contributed by atoms with Crippen molar-refractivity contribution in [2.45, 2.75) is 50.2 Å². The van der Waals surface area contributed by atoms with E-state index < -0.39 is 44.9 Å².